The Kier molecular flexibility index (Phi) is 1.81. The Balaban J connectivity index is 2.85. The highest BCUT2D eigenvalue weighted by Crippen LogP contribution is 1.68. The van der Waals surface area contributed by atoms with Crippen LogP contribution in [-0.4, -0.2) is 5.78 Å². The number of carbonyl (C=O) groups is 1. The van der Waals surface area contributed by atoms with Crippen LogP contribution < -0.4 is 0 Å². The Morgan fingerprint density at radius 1 is 2.00 bits per heavy atom. The van der Waals surface area contributed by atoms with Gasteiger partial charge in [-0.15, -0.1) is 0 Å². The summed E-state index contributed by atoms with van der Waals surface area (Å²) in [5.41, 5.74) is 0. The minimum atomic E-state index is -0.495. The van der Waals surface area contributed by atoms with Crippen molar-refractivity contribution in [3.8, 4) is 0 Å². The van der Waals surface area contributed by atoms with Gasteiger partial charge in [-0.2, -0.15) is 0 Å². The third kappa shape index (κ3) is 3.67. The zero-order valence-electron chi connectivity index (χ0n) is 2.99. The number of ketones is 1. The fourth-order valence-electron chi connectivity index (χ4n) is 0. The summed E-state index contributed by atoms with van der Waals surface area (Å²) in [6.45, 7) is 6.02. The van der Waals surface area contributed by atoms with E-state index in [-0.39, 0.29) is 0 Å². The predicted octanol–water partition coefficient (Wildman–Crippen LogP) is 0.368. The van der Waals surface area contributed by atoms with Crippen LogP contribution in [0, 0.1) is 13.3 Å². The molecule has 1 heteroatoms. The highest BCUT2D eigenvalue weighted by molar-refractivity contribution is 5.89. The van der Waals surface area contributed by atoms with Crippen molar-refractivity contribution >= 4 is 5.78 Å². The molecule has 0 saturated heterocycles. The molecule has 0 N–H and O–H groups in total. The standard InChI is InChI=1S/C4H4O/c1-3-4(2)5/h2H,1H3. The van der Waals surface area contributed by atoms with E-state index in [4.69, 9.17) is 0 Å². The maximum atomic E-state index is 9.48. The third-order valence-corrected chi connectivity index (χ3v) is 0.246. The Morgan fingerprint density at radius 3 is 2.20 bits per heavy atom. The first-order valence-corrected chi connectivity index (χ1v) is 1.24. The molecule has 0 saturated carbocycles. The summed E-state index contributed by atoms with van der Waals surface area (Å²) in [6, 6.07) is 0. The molecule has 0 amide bonds. The summed E-state index contributed by atoms with van der Waals surface area (Å²) in [7, 11) is 0. The van der Waals surface area contributed by atoms with E-state index in [0.717, 1.165) is 0 Å². The summed E-state index contributed by atoms with van der Waals surface area (Å²) in [5, 5.41) is 0. The van der Waals surface area contributed by atoms with Crippen LogP contribution in [0.2, 0.25) is 0 Å². The molecule has 0 aliphatic rings. The molecule has 0 unspecified atom stereocenters. The van der Waals surface area contributed by atoms with Crippen molar-refractivity contribution in [3.05, 3.63) is 13.3 Å². The SMILES string of the molecule is [CH]C(=O)[C]C. The van der Waals surface area contributed by atoms with Gasteiger partial charge in [0, 0.05) is 6.92 Å². The van der Waals surface area contributed by atoms with E-state index in [1.54, 1.807) is 0 Å². The molecular weight excluding hydrogens is 64.0 g/mol. The predicted molar refractivity (Wildman–Crippen MR) is 18.2 cm³/mol. The molecule has 0 spiro atoms. The molecule has 0 aromatic heterocycles. The van der Waals surface area contributed by atoms with Gasteiger partial charge in [0.05, 0.1) is 6.42 Å². The van der Waals surface area contributed by atoms with Gasteiger partial charge in [-0.05, 0) is 0 Å². The quantitative estimate of drug-likeness (QED) is 0.434. The highest BCUT2D eigenvalue weighted by Gasteiger charge is 1.79. The molecule has 0 bridgehead atoms. The Bertz CT molecular complexity index is 38.9. The lowest BCUT2D eigenvalue weighted by Gasteiger charge is -1.68. The van der Waals surface area contributed by atoms with Crippen molar-refractivity contribution in [2.45, 2.75) is 6.92 Å². The summed E-state index contributed by atoms with van der Waals surface area (Å²) in [5.74, 6) is -0.495. The molecule has 0 aliphatic carbocycles. The average Bonchev–Trinajstić information content (AvgIpc) is 1.38. The van der Waals surface area contributed by atoms with Crippen LogP contribution in [0.15, 0.2) is 0 Å². The van der Waals surface area contributed by atoms with E-state index >= 15 is 0 Å². The maximum Gasteiger partial charge on any atom is 0.145 e. The molecule has 26 valence electrons. The van der Waals surface area contributed by atoms with Crippen molar-refractivity contribution < 1.29 is 4.79 Å². The number of hydrogen-bond donors (Lipinski definition) is 0. The Hall–Kier alpha value is -0.330. The minimum absolute atomic E-state index is 0.495. The van der Waals surface area contributed by atoms with Crippen LogP contribution in [0.1, 0.15) is 6.92 Å². The van der Waals surface area contributed by atoms with E-state index < -0.39 is 5.78 Å². The van der Waals surface area contributed by atoms with Gasteiger partial charge in [0.25, 0.3) is 0 Å². The van der Waals surface area contributed by atoms with Gasteiger partial charge < -0.3 is 0 Å². The Morgan fingerprint density at radius 2 is 2.20 bits per heavy atom. The van der Waals surface area contributed by atoms with Crippen LogP contribution in [0.4, 0.5) is 0 Å². The summed E-state index contributed by atoms with van der Waals surface area (Å²) in [4.78, 5) is 9.48. The summed E-state index contributed by atoms with van der Waals surface area (Å²) < 4.78 is 0. The van der Waals surface area contributed by atoms with Gasteiger partial charge in [0.1, 0.15) is 5.78 Å². The maximum absolute atomic E-state index is 9.48. The second-order valence-electron chi connectivity index (χ2n) is 0.614. The number of rotatable bonds is 1. The van der Waals surface area contributed by atoms with E-state index in [0.29, 0.717) is 0 Å². The van der Waals surface area contributed by atoms with Gasteiger partial charge in [-0.25, -0.2) is 0 Å². The third-order valence-electron chi connectivity index (χ3n) is 0.246. The molecule has 0 fully saturated rings. The molecule has 4 radical (unpaired) electrons. The van der Waals surface area contributed by atoms with Crippen molar-refractivity contribution in [1.82, 2.24) is 0 Å². The van der Waals surface area contributed by atoms with Crippen LogP contribution in [-0.2, 0) is 4.79 Å². The monoisotopic (exact) mass is 68.0 g/mol. The van der Waals surface area contributed by atoms with Crippen LogP contribution in [0.3, 0.4) is 0 Å². The zero-order valence-corrected chi connectivity index (χ0v) is 2.99. The number of Topliss-reactive ketones (excluding diaryl/α,β-unsaturated/α-hetero) is 1. The first-order valence-electron chi connectivity index (χ1n) is 1.24. The van der Waals surface area contributed by atoms with Gasteiger partial charge in [0.15, 0.2) is 0 Å². The van der Waals surface area contributed by atoms with Crippen molar-refractivity contribution in [1.29, 1.82) is 0 Å². The van der Waals surface area contributed by atoms with Crippen molar-refractivity contribution in [3.63, 3.8) is 0 Å². The normalized spacial score (nSPS) is 7.60. The smallest absolute Gasteiger partial charge is 0.145 e. The van der Waals surface area contributed by atoms with Crippen LogP contribution in [0.25, 0.3) is 0 Å². The zero-order chi connectivity index (χ0) is 4.28. The number of carbonyl (C=O) groups excluding carboxylic acids is 1. The molecular formula is C4H4O. The van der Waals surface area contributed by atoms with Crippen molar-refractivity contribution in [2.24, 2.45) is 0 Å². The summed E-state index contributed by atoms with van der Waals surface area (Å²) >= 11 is 0. The lowest BCUT2D eigenvalue weighted by molar-refractivity contribution is -0.111. The molecule has 0 aliphatic heterocycles. The average molecular weight is 68.1 g/mol. The topological polar surface area (TPSA) is 17.1 Å². The minimum Gasteiger partial charge on any atom is -0.299 e. The van der Waals surface area contributed by atoms with Gasteiger partial charge in [-0.3, -0.25) is 4.79 Å². The molecule has 1 nitrogen and oxygen atoms in total. The van der Waals surface area contributed by atoms with Gasteiger partial charge in [-0.1, -0.05) is 6.92 Å². The first kappa shape index (κ1) is 4.67. The highest BCUT2D eigenvalue weighted by atomic mass is 16.1. The Labute approximate surface area is 32.0 Å². The van der Waals surface area contributed by atoms with E-state index in [1.807, 2.05) is 0 Å². The molecule has 0 rings (SSSR count). The van der Waals surface area contributed by atoms with E-state index in [9.17, 15) is 4.79 Å². The molecule has 0 heterocycles. The van der Waals surface area contributed by atoms with E-state index in [2.05, 4.69) is 13.3 Å². The molecule has 0 aromatic rings. The number of hydrogen-bond acceptors (Lipinski definition) is 1. The summed E-state index contributed by atoms with van der Waals surface area (Å²) in [6.07, 6.45) is 2.17. The second kappa shape index (κ2) is 1.94. The van der Waals surface area contributed by atoms with Gasteiger partial charge >= 0.3 is 0 Å². The van der Waals surface area contributed by atoms with Crippen LogP contribution in [0.5, 0.6) is 0 Å². The fraction of sp³-hybridized carbons (Fsp3) is 0.250. The van der Waals surface area contributed by atoms with Crippen molar-refractivity contribution in [2.75, 3.05) is 0 Å². The largest absolute Gasteiger partial charge is 0.299 e. The van der Waals surface area contributed by atoms with Crippen LogP contribution >= 0.6 is 0 Å². The lowest BCUT2D eigenvalue weighted by atomic mass is 10.4. The second-order valence-corrected chi connectivity index (χ2v) is 0.614. The van der Waals surface area contributed by atoms with E-state index in [1.165, 1.54) is 6.92 Å². The first-order chi connectivity index (χ1) is 2.27. The fourth-order valence-corrected chi connectivity index (χ4v) is 0. The molecule has 0 aromatic carbocycles. The lowest BCUT2D eigenvalue weighted by Crippen LogP contribution is -1.82. The van der Waals surface area contributed by atoms with Gasteiger partial charge in [0.2, 0.25) is 0 Å². The molecule has 0 atom stereocenters. The molecule has 5 heavy (non-hydrogen) atoms.